The van der Waals surface area contributed by atoms with Crippen LogP contribution in [-0.2, 0) is 6.54 Å². The van der Waals surface area contributed by atoms with Crippen LogP contribution in [0.1, 0.15) is 24.1 Å². The zero-order chi connectivity index (χ0) is 24.0. The first-order valence-corrected chi connectivity index (χ1v) is 12.4. The molecule has 0 radical (unpaired) electrons. The lowest BCUT2D eigenvalue weighted by molar-refractivity contribution is -0.361. The minimum atomic E-state index is -0.224. The van der Waals surface area contributed by atoms with E-state index in [0.29, 0.717) is 6.54 Å². The Morgan fingerprint density at radius 2 is 1.57 bits per heavy atom. The molecule has 0 saturated heterocycles. The molecule has 0 bridgehead atoms. The number of aromatic amines is 1. The summed E-state index contributed by atoms with van der Waals surface area (Å²) in [5, 5.41) is 6.00. The Hall–Kier alpha value is -3.83. The summed E-state index contributed by atoms with van der Waals surface area (Å²) in [5.74, 6) is 0.709. The van der Waals surface area contributed by atoms with Gasteiger partial charge in [-0.15, -0.1) is 0 Å². The third-order valence-electron chi connectivity index (χ3n) is 5.92. The van der Waals surface area contributed by atoms with Crippen molar-refractivity contribution in [3.05, 3.63) is 132 Å². The van der Waals surface area contributed by atoms with Gasteiger partial charge in [0.05, 0.1) is 24.5 Å². The molecule has 1 aromatic heterocycles. The summed E-state index contributed by atoms with van der Waals surface area (Å²) in [4.78, 5) is 4.47. The molecule has 35 heavy (non-hydrogen) atoms. The SMILES string of the molecule is C[C@H](Nc1cc(N(Cc2ccc(F)cc2)Sc2ccc3ccccc3c2)cc[nH+]1)c1ccccc1. The molecular weight excluding hydrogens is 453 g/mol. The maximum Gasteiger partial charge on any atom is 0.274 e. The van der Waals surface area contributed by atoms with Crippen molar-refractivity contribution in [2.24, 2.45) is 0 Å². The summed E-state index contributed by atoms with van der Waals surface area (Å²) >= 11 is 1.68. The summed E-state index contributed by atoms with van der Waals surface area (Å²) in [6, 6.07) is 36.3. The highest BCUT2D eigenvalue weighted by molar-refractivity contribution is 8.00. The number of anilines is 2. The molecule has 1 heterocycles. The van der Waals surface area contributed by atoms with E-state index in [0.717, 1.165) is 22.0 Å². The lowest BCUT2D eigenvalue weighted by atomic mass is 10.1. The largest absolute Gasteiger partial charge is 0.307 e. The van der Waals surface area contributed by atoms with E-state index in [1.54, 1.807) is 11.9 Å². The van der Waals surface area contributed by atoms with E-state index in [2.05, 4.69) is 100 Å². The van der Waals surface area contributed by atoms with E-state index < -0.39 is 0 Å². The fourth-order valence-electron chi connectivity index (χ4n) is 4.03. The molecule has 0 saturated carbocycles. The Bertz CT molecular complexity index is 1410. The number of aromatic nitrogens is 1. The fourth-order valence-corrected chi connectivity index (χ4v) is 5.03. The van der Waals surface area contributed by atoms with Crippen LogP contribution in [0.4, 0.5) is 15.9 Å². The summed E-state index contributed by atoms with van der Waals surface area (Å²) in [6.07, 6.45) is 1.95. The molecule has 5 rings (SSSR count). The number of halogens is 1. The smallest absolute Gasteiger partial charge is 0.274 e. The first kappa shape index (κ1) is 22.9. The predicted molar refractivity (Wildman–Crippen MR) is 144 cm³/mol. The van der Waals surface area contributed by atoms with Crippen LogP contribution in [0.15, 0.2) is 120 Å². The number of nitrogens with zero attached hydrogens (tertiary/aromatic N) is 1. The number of hydrogen-bond donors (Lipinski definition) is 1. The van der Waals surface area contributed by atoms with Gasteiger partial charge in [0, 0.05) is 11.0 Å². The first-order chi connectivity index (χ1) is 17.1. The molecule has 1 atom stereocenters. The lowest BCUT2D eigenvalue weighted by Crippen LogP contribution is -2.19. The number of fused-ring (bicyclic) bond motifs is 1. The number of benzene rings is 4. The van der Waals surface area contributed by atoms with E-state index in [1.165, 1.54) is 28.5 Å². The summed E-state index contributed by atoms with van der Waals surface area (Å²) in [5.41, 5.74) is 3.31. The van der Waals surface area contributed by atoms with Gasteiger partial charge in [0.15, 0.2) is 0 Å². The Labute approximate surface area is 209 Å². The van der Waals surface area contributed by atoms with Gasteiger partial charge in [-0.25, -0.2) is 9.37 Å². The van der Waals surface area contributed by atoms with Crippen LogP contribution in [0.25, 0.3) is 10.8 Å². The molecule has 0 aliphatic heterocycles. The molecule has 0 spiro atoms. The average Bonchev–Trinajstić information content (AvgIpc) is 2.90. The standard InChI is InChI=1S/C30H26FN3S/c1-22(24-7-3-2-4-8-24)33-30-20-28(17-18-32-30)34(21-23-11-14-27(31)15-12-23)35-29-16-13-25-9-5-6-10-26(25)19-29/h2-20,22H,21H2,1H3,(H,32,33)/p+1/t22-/m0/s1. The van der Waals surface area contributed by atoms with Crippen molar-refractivity contribution < 1.29 is 9.37 Å². The van der Waals surface area contributed by atoms with Crippen LogP contribution in [0.2, 0.25) is 0 Å². The first-order valence-electron chi connectivity index (χ1n) is 11.7. The maximum atomic E-state index is 13.5. The van der Waals surface area contributed by atoms with Crippen molar-refractivity contribution in [1.82, 2.24) is 0 Å². The molecule has 0 aliphatic carbocycles. The molecule has 4 aromatic carbocycles. The van der Waals surface area contributed by atoms with Gasteiger partial charge >= 0.3 is 0 Å². The van der Waals surface area contributed by atoms with E-state index >= 15 is 0 Å². The number of hydrogen-bond acceptors (Lipinski definition) is 3. The monoisotopic (exact) mass is 480 g/mol. The van der Waals surface area contributed by atoms with Gasteiger partial charge in [0.1, 0.15) is 11.9 Å². The van der Waals surface area contributed by atoms with Crippen LogP contribution >= 0.6 is 11.9 Å². The molecular formula is C30H27FN3S+. The van der Waals surface area contributed by atoms with Crippen LogP contribution in [0, 0.1) is 5.82 Å². The van der Waals surface area contributed by atoms with E-state index in [-0.39, 0.29) is 11.9 Å². The quantitative estimate of drug-likeness (QED) is 0.231. The second-order valence-corrected chi connectivity index (χ2v) is 9.60. The second-order valence-electron chi connectivity index (χ2n) is 8.50. The Morgan fingerprint density at radius 1 is 0.829 bits per heavy atom. The van der Waals surface area contributed by atoms with Crippen molar-refractivity contribution in [2.45, 2.75) is 24.4 Å². The van der Waals surface area contributed by atoms with E-state index in [9.17, 15) is 4.39 Å². The minimum Gasteiger partial charge on any atom is -0.307 e. The van der Waals surface area contributed by atoms with Crippen LogP contribution in [0.5, 0.6) is 0 Å². The van der Waals surface area contributed by atoms with Crippen LogP contribution < -0.4 is 14.6 Å². The van der Waals surface area contributed by atoms with Crippen molar-refractivity contribution >= 4 is 34.2 Å². The van der Waals surface area contributed by atoms with Crippen LogP contribution in [-0.4, -0.2) is 0 Å². The molecule has 5 aromatic rings. The molecule has 0 fully saturated rings. The number of H-pyrrole nitrogens is 1. The topological polar surface area (TPSA) is 29.4 Å². The van der Waals surface area contributed by atoms with Crippen molar-refractivity contribution in [3.63, 3.8) is 0 Å². The highest BCUT2D eigenvalue weighted by Crippen LogP contribution is 2.33. The van der Waals surface area contributed by atoms with Gasteiger partial charge in [-0.3, -0.25) is 5.32 Å². The number of nitrogens with one attached hydrogen (secondary N) is 2. The van der Waals surface area contributed by atoms with Gasteiger partial charge < -0.3 is 4.31 Å². The molecule has 3 nitrogen and oxygen atoms in total. The number of pyridine rings is 1. The third kappa shape index (κ3) is 5.81. The summed E-state index contributed by atoms with van der Waals surface area (Å²) in [6.45, 7) is 2.78. The fraction of sp³-hybridized carbons (Fsp3) is 0.100. The zero-order valence-corrected chi connectivity index (χ0v) is 20.3. The summed E-state index contributed by atoms with van der Waals surface area (Å²) in [7, 11) is 0. The van der Waals surface area contributed by atoms with Gasteiger partial charge in [-0.05, 0) is 65.0 Å². The molecule has 0 unspecified atom stereocenters. The summed E-state index contributed by atoms with van der Waals surface area (Å²) < 4.78 is 15.8. The average molecular weight is 481 g/mol. The van der Waals surface area contributed by atoms with Gasteiger partial charge in [-0.2, -0.15) is 0 Å². The van der Waals surface area contributed by atoms with Crippen molar-refractivity contribution in [3.8, 4) is 0 Å². The van der Waals surface area contributed by atoms with Crippen molar-refractivity contribution in [2.75, 3.05) is 9.62 Å². The van der Waals surface area contributed by atoms with Crippen molar-refractivity contribution in [1.29, 1.82) is 0 Å². The third-order valence-corrected chi connectivity index (χ3v) is 6.95. The Morgan fingerprint density at radius 3 is 2.37 bits per heavy atom. The Balaban J connectivity index is 1.43. The Kier molecular flexibility index (Phi) is 6.96. The number of rotatable bonds is 8. The highest BCUT2D eigenvalue weighted by atomic mass is 32.2. The maximum absolute atomic E-state index is 13.5. The molecule has 2 N–H and O–H groups in total. The van der Waals surface area contributed by atoms with Gasteiger partial charge in [-0.1, -0.05) is 72.8 Å². The molecule has 174 valence electrons. The van der Waals surface area contributed by atoms with E-state index in [4.69, 9.17) is 0 Å². The van der Waals surface area contributed by atoms with Gasteiger partial charge in [0.2, 0.25) is 0 Å². The normalized spacial score (nSPS) is 11.8. The molecule has 5 heteroatoms. The van der Waals surface area contributed by atoms with Crippen LogP contribution in [0.3, 0.4) is 0 Å². The lowest BCUT2D eigenvalue weighted by Gasteiger charge is -2.24. The second kappa shape index (κ2) is 10.6. The molecule has 0 amide bonds. The van der Waals surface area contributed by atoms with E-state index in [1.807, 2.05) is 24.4 Å². The zero-order valence-electron chi connectivity index (χ0n) is 19.5. The molecule has 0 aliphatic rings. The van der Waals surface area contributed by atoms with Gasteiger partial charge in [0.25, 0.3) is 5.82 Å². The predicted octanol–water partition coefficient (Wildman–Crippen LogP) is 7.68. The minimum absolute atomic E-state index is 0.154. The highest BCUT2D eigenvalue weighted by Gasteiger charge is 2.16.